The van der Waals surface area contributed by atoms with Gasteiger partial charge in [0.1, 0.15) is 5.76 Å². The topological polar surface area (TPSA) is 26.3 Å². The summed E-state index contributed by atoms with van der Waals surface area (Å²) in [6.07, 6.45) is 1.04. The first kappa shape index (κ1) is 12.9. The zero-order valence-corrected chi connectivity index (χ0v) is 10.0. The van der Waals surface area contributed by atoms with Crippen LogP contribution in [0.4, 0.5) is 8.63 Å². The zero-order chi connectivity index (χ0) is 12.1. The van der Waals surface area contributed by atoms with E-state index in [1.807, 2.05) is 0 Å². The van der Waals surface area contributed by atoms with E-state index in [1.54, 1.807) is 24.3 Å². The molecular formula is C10H8BBrF2O2. The molecular weight excluding hydrogens is 281 g/mol. The molecule has 1 aromatic carbocycles. The van der Waals surface area contributed by atoms with Crippen LogP contribution >= 0.6 is 15.9 Å². The number of ketones is 1. The molecule has 0 N–H and O–H groups in total. The molecule has 0 atom stereocenters. The number of hydrogen-bond acceptors (Lipinski definition) is 2. The number of hydrogen-bond donors (Lipinski definition) is 0. The minimum atomic E-state index is -2.95. The minimum absolute atomic E-state index is 0.130. The van der Waals surface area contributed by atoms with Crippen molar-refractivity contribution in [1.29, 1.82) is 0 Å². The highest BCUT2D eigenvalue weighted by atomic mass is 79.9. The molecule has 0 amide bonds. The van der Waals surface area contributed by atoms with Crippen LogP contribution in [0.15, 0.2) is 34.8 Å². The lowest BCUT2D eigenvalue weighted by atomic mass is 10.1. The Kier molecular flexibility index (Phi) is 4.67. The van der Waals surface area contributed by atoms with E-state index in [0.717, 1.165) is 10.5 Å². The van der Waals surface area contributed by atoms with E-state index < -0.39 is 7.47 Å². The van der Waals surface area contributed by atoms with Crippen LogP contribution in [0.3, 0.4) is 0 Å². The predicted molar refractivity (Wildman–Crippen MR) is 61.9 cm³/mol. The molecule has 0 fully saturated rings. The van der Waals surface area contributed by atoms with Gasteiger partial charge in [-0.3, -0.25) is 4.79 Å². The Labute approximate surface area is 101 Å². The van der Waals surface area contributed by atoms with Crippen molar-refractivity contribution in [3.63, 3.8) is 0 Å². The van der Waals surface area contributed by atoms with Crippen molar-refractivity contribution < 1.29 is 18.1 Å². The van der Waals surface area contributed by atoms with E-state index in [9.17, 15) is 13.4 Å². The van der Waals surface area contributed by atoms with E-state index in [-0.39, 0.29) is 11.5 Å². The molecule has 0 aliphatic carbocycles. The second-order valence-corrected chi connectivity index (χ2v) is 3.92. The first-order chi connectivity index (χ1) is 7.49. The lowest BCUT2D eigenvalue weighted by Gasteiger charge is -2.07. The first-order valence-electron chi connectivity index (χ1n) is 4.42. The Morgan fingerprint density at radius 1 is 1.38 bits per heavy atom. The Morgan fingerprint density at radius 2 is 1.94 bits per heavy atom. The van der Waals surface area contributed by atoms with Crippen LogP contribution < -0.4 is 0 Å². The molecule has 6 heteroatoms. The van der Waals surface area contributed by atoms with Gasteiger partial charge in [-0.15, -0.1) is 0 Å². The number of benzene rings is 1. The summed E-state index contributed by atoms with van der Waals surface area (Å²) in [5.74, 6) is -0.478. The van der Waals surface area contributed by atoms with Crippen molar-refractivity contribution >= 4 is 34.9 Å². The highest BCUT2D eigenvalue weighted by Crippen LogP contribution is 2.20. The van der Waals surface area contributed by atoms with Crippen LogP contribution in [0.2, 0.25) is 0 Å². The average molecular weight is 289 g/mol. The third kappa shape index (κ3) is 4.14. The molecule has 0 spiro atoms. The fraction of sp³-hybridized carbons (Fsp3) is 0.100. The minimum Gasteiger partial charge on any atom is -0.505 e. The van der Waals surface area contributed by atoms with Crippen molar-refractivity contribution in [2.24, 2.45) is 0 Å². The third-order valence-electron chi connectivity index (χ3n) is 1.68. The van der Waals surface area contributed by atoms with Crippen molar-refractivity contribution in [2.45, 2.75) is 6.92 Å². The largest absolute Gasteiger partial charge is 0.796 e. The smallest absolute Gasteiger partial charge is 0.505 e. The van der Waals surface area contributed by atoms with Gasteiger partial charge in [-0.1, -0.05) is 28.1 Å². The molecule has 16 heavy (non-hydrogen) atoms. The van der Waals surface area contributed by atoms with Crippen LogP contribution in [0, 0.1) is 0 Å². The molecule has 0 aliphatic rings. The maximum atomic E-state index is 12.1. The molecule has 0 aromatic heterocycles. The van der Waals surface area contributed by atoms with Gasteiger partial charge in [-0.05, 0) is 19.1 Å². The second-order valence-electron chi connectivity index (χ2n) is 3.00. The van der Waals surface area contributed by atoms with Crippen LogP contribution in [0.1, 0.15) is 12.5 Å². The van der Waals surface area contributed by atoms with Gasteiger partial charge in [0.25, 0.3) is 0 Å². The standard InChI is InChI=1S/C10H8BBrF2O2/c1-7(15)6-10(16-11(13)14)8-2-4-9(12)5-3-8/h2-6H,1H3/b10-6-. The summed E-state index contributed by atoms with van der Waals surface area (Å²) >= 11 is 3.22. The maximum absolute atomic E-state index is 12.1. The van der Waals surface area contributed by atoms with Crippen molar-refractivity contribution in [2.75, 3.05) is 0 Å². The Morgan fingerprint density at radius 3 is 2.38 bits per heavy atom. The number of carbonyl (C=O) groups excluding carboxylic acids is 1. The quantitative estimate of drug-likeness (QED) is 0.483. The lowest BCUT2D eigenvalue weighted by molar-refractivity contribution is -0.112. The Hall–Kier alpha value is -1.17. The molecule has 0 radical (unpaired) electrons. The van der Waals surface area contributed by atoms with Gasteiger partial charge in [0, 0.05) is 16.1 Å². The summed E-state index contributed by atoms with van der Waals surface area (Å²) in [6.45, 7) is 1.27. The van der Waals surface area contributed by atoms with Gasteiger partial charge < -0.3 is 4.65 Å². The van der Waals surface area contributed by atoms with Crippen LogP contribution in [0.5, 0.6) is 0 Å². The summed E-state index contributed by atoms with van der Waals surface area (Å²) in [6, 6.07) is 6.53. The van der Waals surface area contributed by atoms with Crippen molar-refractivity contribution in [3.8, 4) is 0 Å². The summed E-state index contributed by atoms with van der Waals surface area (Å²) in [4.78, 5) is 10.9. The molecule has 0 saturated carbocycles. The van der Waals surface area contributed by atoms with Crippen molar-refractivity contribution in [1.82, 2.24) is 0 Å². The molecule has 84 valence electrons. The van der Waals surface area contributed by atoms with Crippen molar-refractivity contribution in [3.05, 3.63) is 40.4 Å². The molecule has 0 saturated heterocycles. The zero-order valence-electron chi connectivity index (χ0n) is 8.41. The fourth-order valence-electron chi connectivity index (χ4n) is 1.08. The summed E-state index contributed by atoms with van der Waals surface area (Å²) in [7, 11) is -2.95. The molecule has 0 aliphatic heterocycles. The summed E-state index contributed by atoms with van der Waals surface area (Å²) in [5, 5.41) is 0. The third-order valence-corrected chi connectivity index (χ3v) is 2.21. The van der Waals surface area contributed by atoms with E-state index in [4.69, 9.17) is 0 Å². The van der Waals surface area contributed by atoms with Gasteiger partial charge >= 0.3 is 7.47 Å². The molecule has 0 unspecified atom stereocenters. The number of halogens is 3. The van der Waals surface area contributed by atoms with Crippen LogP contribution in [-0.4, -0.2) is 13.3 Å². The fourth-order valence-corrected chi connectivity index (χ4v) is 1.34. The molecule has 0 heterocycles. The van der Waals surface area contributed by atoms with Gasteiger partial charge in [0.15, 0.2) is 5.78 Å². The Balaban J connectivity index is 3.01. The van der Waals surface area contributed by atoms with Crippen LogP contribution in [-0.2, 0) is 9.45 Å². The van der Waals surface area contributed by atoms with Gasteiger partial charge in [-0.25, -0.2) is 8.63 Å². The van der Waals surface area contributed by atoms with Crippen LogP contribution in [0.25, 0.3) is 5.76 Å². The predicted octanol–water partition coefficient (Wildman–Crippen LogP) is 3.32. The highest BCUT2D eigenvalue weighted by molar-refractivity contribution is 9.10. The average Bonchev–Trinajstić information content (AvgIpc) is 2.16. The molecule has 2 nitrogen and oxygen atoms in total. The number of rotatable bonds is 4. The number of carbonyl (C=O) groups is 1. The first-order valence-corrected chi connectivity index (χ1v) is 5.21. The summed E-state index contributed by atoms with van der Waals surface area (Å²) in [5.41, 5.74) is 0.429. The molecule has 1 rings (SSSR count). The SMILES string of the molecule is CC(=O)/C=C(\OB(F)F)c1ccc(Br)cc1. The van der Waals surface area contributed by atoms with Gasteiger partial charge in [0.2, 0.25) is 0 Å². The van der Waals surface area contributed by atoms with E-state index in [1.165, 1.54) is 6.92 Å². The summed E-state index contributed by atoms with van der Waals surface area (Å²) < 4.78 is 29.3. The highest BCUT2D eigenvalue weighted by Gasteiger charge is 2.20. The molecule has 1 aromatic rings. The number of allylic oxidation sites excluding steroid dienone is 1. The Bertz CT molecular complexity index is 404. The lowest BCUT2D eigenvalue weighted by Crippen LogP contribution is -2.05. The normalized spacial score (nSPS) is 11.1. The maximum Gasteiger partial charge on any atom is 0.796 e. The van der Waals surface area contributed by atoms with Gasteiger partial charge in [-0.2, -0.15) is 0 Å². The van der Waals surface area contributed by atoms with E-state index in [0.29, 0.717) is 5.56 Å². The van der Waals surface area contributed by atoms with E-state index >= 15 is 0 Å². The van der Waals surface area contributed by atoms with E-state index in [2.05, 4.69) is 20.6 Å². The second kappa shape index (κ2) is 5.79. The van der Waals surface area contributed by atoms with Gasteiger partial charge in [0.05, 0.1) is 0 Å². The monoisotopic (exact) mass is 288 g/mol. The molecule has 0 bridgehead atoms.